The van der Waals surface area contributed by atoms with Gasteiger partial charge in [0.05, 0.1) is 6.54 Å². The average Bonchev–Trinajstić information content (AvgIpc) is 2.54. The second-order valence-electron chi connectivity index (χ2n) is 8.28. The van der Waals surface area contributed by atoms with Crippen molar-refractivity contribution in [1.82, 2.24) is 15.1 Å². The Morgan fingerprint density at radius 2 is 1.69 bits per heavy atom. The van der Waals surface area contributed by atoms with Gasteiger partial charge >= 0.3 is 0 Å². The summed E-state index contributed by atoms with van der Waals surface area (Å²) in [4.78, 5) is 29.0. The van der Waals surface area contributed by atoms with Crippen LogP contribution in [0.3, 0.4) is 0 Å². The monoisotopic (exact) mass is 421 g/mol. The summed E-state index contributed by atoms with van der Waals surface area (Å²) in [6, 6.07) is 4.18. The molecule has 0 aromatic heterocycles. The molecule has 0 unspecified atom stereocenters. The summed E-state index contributed by atoms with van der Waals surface area (Å²) in [5.41, 5.74) is 3.27. The maximum atomic E-state index is 12.6. The van der Waals surface area contributed by atoms with E-state index in [0.717, 1.165) is 42.8 Å². The van der Waals surface area contributed by atoms with Crippen LogP contribution in [-0.2, 0) is 22.7 Å². The van der Waals surface area contributed by atoms with Crippen LogP contribution < -0.4 is 5.32 Å². The van der Waals surface area contributed by atoms with Crippen molar-refractivity contribution in [3.8, 4) is 0 Å². The molecule has 1 aromatic carbocycles. The van der Waals surface area contributed by atoms with Crippen molar-refractivity contribution in [2.24, 2.45) is 5.41 Å². The van der Waals surface area contributed by atoms with E-state index in [1.807, 2.05) is 13.8 Å². The van der Waals surface area contributed by atoms with E-state index in [0.29, 0.717) is 19.4 Å². The van der Waals surface area contributed by atoms with Gasteiger partial charge in [-0.3, -0.25) is 19.4 Å². The first-order chi connectivity index (χ1) is 12.2. The van der Waals surface area contributed by atoms with Crippen molar-refractivity contribution in [2.75, 3.05) is 26.2 Å². The fourth-order valence-corrected chi connectivity index (χ4v) is 4.48. The Labute approximate surface area is 164 Å². The minimum atomic E-state index is -0.235. The summed E-state index contributed by atoms with van der Waals surface area (Å²) >= 11 is 3.57. The second-order valence-corrected chi connectivity index (χ2v) is 9.19. The predicted octanol–water partition coefficient (Wildman–Crippen LogP) is 2.84. The number of nitrogens with zero attached hydrogens (tertiary/aromatic N) is 2. The van der Waals surface area contributed by atoms with Crippen LogP contribution >= 0.6 is 15.9 Å². The molecule has 2 aliphatic rings. The normalized spacial score (nSPS) is 21.3. The molecule has 2 fully saturated rings. The minimum absolute atomic E-state index is 0.0583. The number of piperidine rings is 1. The van der Waals surface area contributed by atoms with Crippen LogP contribution in [-0.4, -0.2) is 47.8 Å². The van der Waals surface area contributed by atoms with Crippen molar-refractivity contribution >= 4 is 27.7 Å². The quantitative estimate of drug-likeness (QED) is 0.759. The van der Waals surface area contributed by atoms with Crippen molar-refractivity contribution in [2.45, 2.75) is 46.7 Å². The third kappa shape index (κ3) is 4.53. The number of carbonyl (C=O) groups is 2. The van der Waals surface area contributed by atoms with Crippen LogP contribution in [0.15, 0.2) is 16.6 Å². The van der Waals surface area contributed by atoms with Crippen LogP contribution in [0, 0.1) is 12.3 Å². The first-order valence-electron chi connectivity index (χ1n) is 9.29. The van der Waals surface area contributed by atoms with Crippen LogP contribution in [0.4, 0.5) is 0 Å². The molecule has 1 N–H and O–H groups in total. The Morgan fingerprint density at radius 1 is 1.08 bits per heavy atom. The number of nitrogens with one attached hydrogen (secondary N) is 1. The lowest BCUT2D eigenvalue weighted by Crippen LogP contribution is -2.46. The molecule has 1 aromatic rings. The Hall–Kier alpha value is -1.24. The van der Waals surface area contributed by atoms with Gasteiger partial charge in [-0.15, -0.1) is 0 Å². The number of imide groups is 1. The Morgan fingerprint density at radius 3 is 2.31 bits per heavy atom. The number of likely N-dealkylation sites (tertiary alicyclic amines) is 1. The lowest BCUT2D eigenvalue weighted by Gasteiger charge is -2.35. The lowest BCUT2D eigenvalue weighted by molar-refractivity contribution is -0.153. The molecular weight excluding hydrogens is 394 g/mol. The number of hydrogen-bond acceptors (Lipinski definition) is 4. The molecule has 0 aliphatic carbocycles. The zero-order valence-corrected chi connectivity index (χ0v) is 17.5. The van der Waals surface area contributed by atoms with Gasteiger partial charge in [0.1, 0.15) is 0 Å². The van der Waals surface area contributed by atoms with Gasteiger partial charge in [0.15, 0.2) is 0 Å². The van der Waals surface area contributed by atoms with E-state index in [1.54, 1.807) is 0 Å². The summed E-state index contributed by atoms with van der Waals surface area (Å²) in [7, 11) is 0. The number of hydrogen-bond donors (Lipinski definition) is 1. The van der Waals surface area contributed by atoms with Gasteiger partial charge in [0.2, 0.25) is 11.8 Å². The summed E-state index contributed by atoms with van der Waals surface area (Å²) in [5, 5.41) is 3.38. The SMILES string of the molecule is Cc1cc(Br)cc(CN2C(=O)CC(C)(C)CC2=O)c1CN1CCNCC1. The highest BCUT2D eigenvalue weighted by molar-refractivity contribution is 9.10. The van der Waals surface area contributed by atoms with Crippen LogP contribution in [0.1, 0.15) is 43.4 Å². The molecule has 2 amide bonds. The Bertz CT molecular complexity index is 691. The van der Waals surface area contributed by atoms with Gasteiger partial charge in [0.25, 0.3) is 0 Å². The van der Waals surface area contributed by atoms with Crippen molar-refractivity contribution < 1.29 is 9.59 Å². The van der Waals surface area contributed by atoms with Crippen LogP contribution in [0.2, 0.25) is 0 Å². The highest BCUT2D eigenvalue weighted by atomic mass is 79.9. The third-order valence-electron chi connectivity index (χ3n) is 5.31. The van der Waals surface area contributed by atoms with E-state index in [-0.39, 0.29) is 17.2 Å². The smallest absolute Gasteiger partial charge is 0.230 e. The van der Waals surface area contributed by atoms with E-state index in [1.165, 1.54) is 16.0 Å². The van der Waals surface area contributed by atoms with Gasteiger partial charge in [-0.2, -0.15) is 0 Å². The first kappa shape index (κ1) is 19.5. The molecule has 2 saturated heterocycles. The molecule has 0 spiro atoms. The van der Waals surface area contributed by atoms with Crippen molar-refractivity contribution in [1.29, 1.82) is 0 Å². The summed E-state index contributed by atoms with van der Waals surface area (Å²) in [5.74, 6) is -0.117. The molecule has 2 heterocycles. The number of piperazine rings is 1. The fourth-order valence-electron chi connectivity index (χ4n) is 3.86. The van der Waals surface area contributed by atoms with E-state index < -0.39 is 0 Å². The molecule has 2 aliphatic heterocycles. The molecule has 0 saturated carbocycles. The fraction of sp³-hybridized carbons (Fsp3) is 0.600. The molecule has 0 bridgehead atoms. The number of halogens is 1. The third-order valence-corrected chi connectivity index (χ3v) is 5.77. The maximum Gasteiger partial charge on any atom is 0.230 e. The average molecular weight is 422 g/mol. The molecule has 26 heavy (non-hydrogen) atoms. The molecule has 142 valence electrons. The molecule has 6 heteroatoms. The Kier molecular flexibility index (Phi) is 5.85. The minimum Gasteiger partial charge on any atom is -0.314 e. The topological polar surface area (TPSA) is 52.7 Å². The Balaban J connectivity index is 1.84. The van der Waals surface area contributed by atoms with Gasteiger partial charge in [0, 0.05) is 50.0 Å². The highest BCUT2D eigenvalue weighted by Crippen LogP contribution is 2.33. The predicted molar refractivity (Wildman–Crippen MR) is 106 cm³/mol. The van der Waals surface area contributed by atoms with E-state index in [4.69, 9.17) is 0 Å². The molecule has 0 radical (unpaired) electrons. The van der Waals surface area contributed by atoms with Crippen LogP contribution in [0.25, 0.3) is 0 Å². The number of benzene rings is 1. The second kappa shape index (κ2) is 7.79. The maximum absolute atomic E-state index is 12.6. The van der Waals surface area contributed by atoms with Gasteiger partial charge < -0.3 is 5.32 Å². The lowest BCUT2D eigenvalue weighted by atomic mass is 9.81. The molecule has 5 nitrogen and oxygen atoms in total. The largest absolute Gasteiger partial charge is 0.314 e. The first-order valence-corrected chi connectivity index (χ1v) is 10.1. The number of rotatable bonds is 4. The van der Waals surface area contributed by atoms with Crippen molar-refractivity contribution in [3.63, 3.8) is 0 Å². The zero-order chi connectivity index (χ0) is 18.9. The number of carbonyl (C=O) groups excluding carboxylic acids is 2. The van der Waals surface area contributed by atoms with Crippen LogP contribution in [0.5, 0.6) is 0 Å². The zero-order valence-electron chi connectivity index (χ0n) is 15.9. The van der Waals surface area contributed by atoms with E-state index >= 15 is 0 Å². The standard InChI is InChI=1S/C20H28BrN3O2/c1-14-8-16(21)9-15(17(14)13-23-6-4-22-5-7-23)12-24-18(25)10-20(2,3)11-19(24)26/h8-9,22H,4-7,10-13H2,1-3H3. The highest BCUT2D eigenvalue weighted by Gasteiger charge is 2.37. The summed E-state index contributed by atoms with van der Waals surface area (Å²) in [6.07, 6.45) is 0.859. The van der Waals surface area contributed by atoms with Gasteiger partial charge in [-0.05, 0) is 41.2 Å². The molecule has 0 atom stereocenters. The molecule has 3 rings (SSSR count). The summed E-state index contributed by atoms with van der Waals surface area (Å²) < 4.78 is 0.992. The molecular formula is C20H28BrN3O2. The summed E-state index contributed by atoms with van der Waals surface area (Å²) in [6.45, 7) is 11.3. The van der Waals surface area contributed by atoms with E-state index in [9.17, 15) is 9.59 Å². The number of amides is 2. The van der Waals surface area contributed by atoms with Gasteiger partial charge in [-0.25, -0.2) is 0 Å². The van der Waals surface area contributed by atoms with E-state index in [2.05, 4.69) is 45.2 Å². The van der Waals surface area contributed by atoms with Crippen molar-refractivity contribution in [3.05, 3.63) is 33.3 Å². The van der Waals surface area contributed by atoms with Gasteiger partial charge in [-0.1, -0.05) is 29.8 Å². The number of aryl methyl sites for hydroxylation is 1.